The number of Topliss-reactive ketones (excluding diaryl/α,β-unsaturated/α-hetero) is 1. The number of fused-ring (bicyclic) bond motifs is 2. The summed E-state index contributed by atoms with van der Waals surface area (Å²) in [6.07, 6.45) is 2.25. The molecule has 0 amide bonds. The third-order valence-corrected chi connectivity index (χ3v) is 4.25. The highest BCUT2D eigenvalue weighted by molar-refractivity contribution is 5.99. The van der Waals surface area contributed by atoms with Gasteiger partial charge in [-0.15, -0.1) is 0 Å². The Hall–Kier alpha value is -1.97. The van der Waals surface area contributed by atoms with E-state index in [1.165, 1.54) is 0 Å². The van der Waals surface area contributed by atoms with Crippen LogP contribution in [0, 0.1) is 5.41 Å². The minimum Gasteiger partial charge on any atom is -0.454 e. The molecule has 0 spiro atoms. The van der Waals surface area contributed by atoms with Crippen molar-refractivity contribution in [2.45, 2.75) is 33.1 Å². The molecular weight excluding hydrogens is 254 g/mol. The summed E-state index contributed by atoms with van der Waals surface area (Å²) in [5.41, 5.74) is 4.21. The van der Waals surface area contributed by atoms with E-state index in [-0.39, 0.29) is 18.0 Å². The Kier molecular flexibility index (Phi) is 2.23. The van der Waals surface area contributed by atoms with Crippen LogP contribution in [0.15, 0.2) is 23.4 Å². The Labute approximate surface area is 117 Å². The van der Waals surface area contributed by atoms with E-state index >= 15 is 0 Å². The largest absolute Gasteiger partial charge is 0.454 e. The first kappa shape index (κ1) is 11.8. The molecule has 4 heteroatoms. The van der Waals surface area contributed by atoms with Gasteiger partial charge in [0.25, 0.3) is 0 Å². The lowest BCUT2D eigenvalue weighted by Crippen LogP contribution is -2.31. The van der Waals surface area contributed by atoms with E-state index in [1.54, 1.807) is 0 Å². The van der Waals surface area contributed by atoms with Gasteiger partial charge in [-0.25, -0.2) is 0 Å². The number of carbonyl (C=O) groups excluding carboxylic acids is 1. The zero-order chi connectivity index (χ0) is 13.9. The molecule has 0 atom stereocenters. The summed E-state index contributed by atoms with van der Waals surface area (Å²) in [6.45, 7) is 4.56. The maximum atomic E-state index is 12.3. The van der Waals surface area contributed by atoms with E-state index in [0.29, 0.717) is 12.8 Å². The van der Waals surface area contributed by atoms with E-state index in [1.807, 2.05) is 12.1 Å². The van der Waals surface area contributed by atoms with Gasteiger partial charge in [-0.3, -0.25) is 4.79 Å². The fourth-order valence-corrected chi connectivity index (χ4v) is 3.28. The van der Waals surface area contributed by atoms with Gasteiger partial charge in [0.05, 0.1) is 0 Å². The zero-order valence-electron chi connectivity index (χ0n) is 11.7. The van der Waals surface area contributed by atoms with Gasteiger partial charge < -0.3 is 14.8 Å². The smallest absolute Gasteiger partial charge is 0.231 e. The van der Waals surface area contributed by atoms with Gasteiger partial charge in [-0.05, 0) is 23.5 Å². The standard InChI is InChI=1S/C16H17NO3/c1-16(2)6-12-10(13(18)7-16)3-9-4-14-15(20-8-19-14)5-11(9)17-12/h4-5,17H,3,6-8H2,1-2H3. The monoisotopic (exact) mass is 271 g/mol. The summed E-state index contributed by atoms with van der Waals surface area (Å²) in [5, 5.41) is 3.44. The van der Waals surface area contributed by atoms with Crippen LogP contribution in [0.5, 0.6) is 11.5 Å². The number of ketones is 1. The van der Waals surface area contributed by atoms with E-state index in [0.717, 1.165) is 40.4 Å². The minimum atomic E-state index is 0.0385. The lowest BCUT2D eigenvalue weighted by atomic mass is 9.73. The van der Waals surface area contributed by atoms with Crippen LogP contribution < -0.4 is 14.8 Å². The molecule has 104 valence electrons. The van der Waals surface area contributed by atoms with Crippen molar-refractivity contribution >= 4 is 11.5 Å². The van der Waals surface area contributed by atoms with Gasteiger partial charge in [-0.2, -0.15) is 0 Å². The predicted molar refractivity (Wildman–Crippen MR) is 74.9 cm³/mol. The second-order valence-electron chi connectivity index (χ2n) is 6.56. The number of hydrogen-bond acceptors (Lipinski definition) is 4. The van der Waals surface area contributed by atoms with Gasteiger partial charge in [0.15, 0.2) is 17.3 Å². The normalized spacial score (nSPS) is 22.2. The van der Waals surface area contributed by atoms with Gasteiger partial charge in [0.1, 0.15) is 0 Å². The predicted octanol–water partition coefficient (Wildman–Crippen LogP) is 3.03. The molecule has 1 aromatic carbocycles. The molecule has 1 aromatic rings. The van der Waals surface area contributed by atoms with Crippen LogP contribution in [0.1, 0.15) is 32.3 Å². The van der Waals surface area contributed by atoms with E-state index in [9.17, 15) is 4.79 Å². The lowest BCUT2D eigenvalue weighted by Gasteiger charge is -2.35. The third kappa shape index (κ3) is 1.71. The summed E-state index contributed by atoms with van der Waals surface area (Å²) in [4.78, 5) is 12.3. The maximum Gasteiger partial charge on any atom is 0.231 e. The molecule has 3 aliphatic rings. The first-order valence-electron chi connectivity index (χ1n) is 6.97. The number of carbonyl (C=O) groups is 1. The molecule has 0 saturated carbocycles. The number of nitrogens with one attached hydrogen (secondary N) is 1. The van der Waals surface area contributed by atoms with Crippen molar-refractivity contribution in [2.75, 3.05) is 12.1 Å². The molecule has 0 unspecified atom stereocenters. The van der Waals surface area contributed by atoms with Crippen molar-refractivity contribution in [2.24, 2.45) is 5.41 Å². The van der Waals surface area contributed by atoms with Crippen molar-refractivity contribution in [3.05, 3.63) is 29.0 Å². The van der Waals surface area contributed by atoms with Crippen LogP contribution in [0.2, 0.25) is 0 Å². The number of anilines is 1. The second kappa shape index (κ2) is 3.78. The molecule has 4 nitrogen and oxygen atoms in total. The summed E-state index contributed by atoms with van der Waals surface area (Å²) >= 11 is 0. The summed E-state index contributed by atoms with van der Waals surface area (Å²) in [5.74, 6) is 1.83. The number of benzene rings is 1. The molecule has 0 saturated heterocycles. The van der Waals surface area contributed by atoms with Crippen molar-refractivity contribution in [3.8, 4) is 11.5 Å². The number of hydrogen-bond donors (Lipinski definition) is 1. The molecule has 0 fully saturated rings. The maximum absolute atomic E-state index is 12.3. The highest BCUT2D eigenvalue weighted by Crippen LogP contribution is 2.45. The molecule has 0 radical (unpaired) electrons. The van der Waals surface area contributed by atoms with Crippen molar-refractivity contribution in [3.63, 3.8) is 0 Å². The first-order valence-corrected chi connectivity index (χ1v) is 6.97. The van der Waals surface area contributed by atoms with Crippen LogP contribution in [0.25, 0.3) is 0 Å². The Morgan fingerprint density at radius 2 is 1.90 bits per heavy atom. The number of rotatable bonds is 0. The second-order valence-corrected chi connectivity index (χ2v) is 6.56. The highest BCUT2D eigenvalue weighted by Gasteiger charge is 2.35. The SMILES string of the molecule is CC1(C)CC(=O)C2=C(C1)Nc1cc3c(cc1C2)OCO3. The molecule has 0 bridgehead atoms. The average molecular weight is 271 g/mol. The van der Waals surface area contributed by atoms with Crippen LogP contribution >= 0.6 is 0 Å². The Bertz CT molecular complexity index is 658. The van der Waals surface area contributed by atoms with Gasteiger partial charge >= 0.3 is 0 Å². The van der Waals surface area contributed by atoms with Crippen molar-refractivity contribution in [1.82, 2.24) is 0 Å². The van der Waals surface area contributed by atoms with E-state index in [2.05, 4.69) is 19.2 Å². The van der Waals surface area contributed by atoms with Gasteiger partial charge in [0.2, 0.25) is 6.79 Å². The van der Waals surface area contributed by atoms with Crippen LogP contribution in [-0.4, -0.2) is 12.6 Å². The van der Waals surface area contributed by atoms with Crippen LogP contribution in [0.3, 0.4) is 0 Å². The lowest BCUT2D eigenvalue weighted by molar-refractivity contribution is -0.118. The van der Waals surface area contributed by atoms with Gasteiger partial charge in [0, 0.05) is 35.9 Å². The molecule has 1 aliphatic carbocycles. The Morgan fingerprint density at radius 1 is 1.15 bits per heavy atom. The fourth-order valence-electron chi connectivity index (χ4n) is 3.28. The van der Waals surface area contributed by atoms with Gasteiger partial charge in [-0.1, -0.05) is 13.8 Å². The Morgan fingerprint density at radius 3 is 2.70 bits per heavy atom. The molecule has 2 aliphatic heterocycles. The summed E-state index contributed by atoms with van der Waals surface area (Å²) < 4.78 is 10.8. The zero-order valence-corrected chi connectivity index (χ0v) is 11.7. The van der Waals surface area contributed by atoms with Crippen molar-refractivity contribution in [1.29, 1.82) is 0 Å². The number of ether oxygens (including phenoxy) is 2. The topological polar surface area (TPSA) is 47.6 Å². The highest BCUT2D eigenvalue weighted by atomic mass is 16.7. The quantitative estimate of drug-likeness (QED) is 0.788. The molecule has 4 rings (SSSR count). The molecule has 2 heterocycles. The average Bonchev–Trinajstić information content (AvgIpc) is 2.79. The fraction of sp³-hybridized carbons (Fsp3) is 0.438. The summed E-state index contributed by atoms with van der Waals surface area (Å²) in [6, 6.07) is 3.97. The summed E-state index contributed by atoms with van der Waals surface area (Å²) in [7, 11) is 0. The van der Waals surface area contributed by atoms with E-state index in [4.69, 9.17) is 9.47 Å². The molecule has 1 N–H and O–H groups in total. The minimum absolute atomic E-state index is 0.0385. The van der Waals surface area contributed by atoms with Crippen molar-refractivity contribution < 1.29 is 14.3 Å². The third-order valence-electron chi connectivity index (χ3n) is 4.25. The van der Waals surface area contributed by atoms with Crippen LogP contribution in [-0.2, 0) is 11.2 Å². The first-order chi connectivity index (χ1) is 9.52. The molecule has 20 heavy (non-hydrogen) atoms. The molecular formula is C16H17NO3. The van der Waals surface area contributed by atoms with E-state index < -0.39 is 0 Å². The number of allylic oxidation sites excluding steroid dienone is 2. The molecule has 0 aromatic heterocycles. The van der Waals surface area contributed by atoms with Crippen LogP contribution in [0.4, 0.5) is 5.69 Å². The Balaban J connectivity index is 1.75.